The molecule has 2 heterocycles. The van der Waals surface area contributed by atoms with E-state index in [1.165, 1.54) is 24.3 Å². The van der Waals surface area contributed by atoms with Crippen molar-refractivity contribution in [1.82, 2.24) is 15.0 Å². The van der Waals surface area contributed by atoms with Gasteiger partial charge >= 0.3 is 6.01 Å². The molecule has 2 aromatic carbocycles. The van der Waals surface area contributed by atoms with Gasteiger partial charge < -0.3 is 19.0 Å². The van der Waals surface area contributed by atoms with Gasteiger partial charge in [0.1, 0.15) is 17.3 Å². The number of aryl methyl sites for hydroxylation is 2. The largest absolute Gasteiger partial charge is 0.507 e. The van der Waals surface area contributed by atoms with E-state index in [1.807, 2.05) is 6.92 Å². The zero-order chi connectivity index (χ0) is 21.3. The van der Waals surface area contributed by atoms with Crippen LogP contribution in [0, 0.1) is 19.7 Å². The summed E-state index contributed by atoms with van der Waals surface area (Å²) in [5.74, 6) is 0.801. The second kappa shape index (κ2) is 7.98. The average Bonchev–Trinajstić information content (AvgIpc) is 3.16. The molecule has 8 heteroatoms. The van der Waals surface area contributed by atoms with Gasteiger partial charge in [0.2, 0.25) is 5.89 Å². The number of hydrogen-bond donors (Lipinski definition) is 1. The summed E-state index contributed by atoms with van der Waals surface area (Å²) in [5.41, 5.74) is 2.69. The Balaban J connectivity index is 1.78. The summed E-state index contributed by atoms with van der Waals surface area (Å²) in [6, 6.07) is 9.08. The van der Waals surface area contributed by atoms with Gasteiger partial charge in [-0.1, -0.05) is 6.92 Å². The molecule has 0 unspecified atom stereocenters. The van der Waals surface area contributed by atoms with E-state index in [9.17, 15) is 9.50 Å². The number of aromatic nitrogens is 3. The Hall–Kier alpha value is -3.68. The summed E-state index contributed by atoms with van der Waals surface area (Å²) in [6.07, 6.45) is 0.778. The van der Waals surface area contributed by atoms with Crippen LogP contribution in [-0.2, 0) is 0 Å². The zero-order valence-corrected chi connectivity index (χ0v) is 16.8. The monoisotopic (exact) mass is 409 g/mol. The fraction of sp³-hybridized carbons (Fsp3) is 0.227. The van der Waals surface area contributed by atoms with E-state index in [1.54, 1.807) is 26.0 Å². The number of rotatable bonds is 6. The molecule has 4 rings (SSSR count). The van der Waals surface area contributed by atoms with Crippen LogP contribution >= 0.6 is 0 Å². The number of nitrogens with zero attached hydrogens (tertiary/aromatic N) is 3. The third-order valence-electron chi connectivity index (χ3n) is 4.41. The van der Waals surface area contributed by atoms with Crippen LogP contribution in [0.2, 0.25) is 0 Å². The smallest absolute Gasteiger partial charge is 0.328 e. The second-order valence-electron chi connectivity index (χ2n) is 6.85. The Morgan fingerprint density at radius 1 is 1.03 bits per heavy atom. The third-order valence-corrected chi connectivity index (χ3v) is 4.41. The van der Waals surface area contributed by atoms with E-state index in [4.69, 9.17) is 13.9 Å². The number of benzene rings is 2. The summed E-state index contributed by atoms with van der Waals surface area (Å²) >= 11 is 0. The minimum atomic E-state index is -0.370. The van der Waals surface area contributed by atoms with Gasteiger partial charge in [0, 0.05) is 5.56 Å². The van der Waals surface area contributed by atoms with Crippen LogP contribution in [-0.4, -0.2) is 26.7 Å². The summed E-state index contributed by atoms with van der Waals surface area (Å²) in [7, 11) is 0. The van der Waals surface area contributed by atoms with E-state index < -0.39 is 0 Å². The summed E-state index contributed by atoms with van der Waals surface area (Å²) in [5, 5.41) is 10.0. The van der Waals surface area contributed by atoms with Crippen molar-refractivity contribution >= 4 is 11.2 Å². The number of phenolic OH excluding ortho intramolecular Hbond substituents is 1. The molecule has 0 aliphatic heterocycles. The molecule has 0 radical (unpaired) electrons. The van der Waals surface area contributed by atoms with Gasteiger partial charge in [-0.3, -0.25) is 0 Å². The molecular weight excluding hydrogens is 389 g/mol. The van der Waals surface area contributed by atoms with E-state index >= 15 is 0 Å². The number of ether oxygens (including phenoxy) is 2. The first-order chi connectivity index (χ1) is 14.4. The first kappa shape index (κ1) is 19.6. The fourth-order valence-corrected chi connectivity index (χ4v) is 2.93. The highest BCUT2D eigenvalue weighted by Gasteiger charge is 2.19. The molecule has 0 fully saturated rings. The Morgan fingerprint density at radius 2 is 1.73 bits per heavy atom. The molecule has 1 N–H and O–H groups in total. The molecule has 2 aromatic heterocycles. The number of halogens is 1. The fourth-order valence-electron chi connectivity index (χ4n) is 2.93. The summed E-state index contributed by atoms with van der Waals surface area (Å²) < 4.78 is 30.4. The van der Waals surface area contributed by atoms with Gasteiger partial charge in [-0.15, -0.1) is 0 Å². The van der Waals surface area contributed by atoms with Gasteiger partial charge in [-0.05, 0) is 67.8 Å². The topological polar surface area (TPSA) is 90.5 Å². The lowest BCUT2D eigenvalue weighted by Crippen LogP contribution is -2.01. The minimum Gasteiger partial charge on any atom is -0.507 e. The predicted octanol–water partition coefficient (Wildman–Crippen LogP) is 5.33. The first-order valence-corrected chi connectivity index (χ1v) is 9.50. The summed E-state index contributed by atoms with van der Waals surface area (Å²) in [4.78, 5) is 13.1. The number of oxazole rings is 1. The van der Waals surface area contributed by atoms with Crippen LogP contribution in [0.15, 0.2) is 40.8 Å². The number of hydrogen-bond acceptors (Lipinski definition) is 7. The summed E-state index contributed by atoms with van der Waals surface area (Å²) in [6.45, 7) is 6.02. The van der Waals surface area contributed by atoms with Crippen LogP contribution in [0.3, 0.4) is 0 Å². The maximum atomic E-state index is 13.1. The normalized spacial score (nSPS) is 11.1. The molecule has 0 saturated carbocycles. The molecular formula is C22H20FN3O4. The molecule has 4 aromatic rings. The lowest BCUT2D eigenvalue weighted by Gasteiger charge is -2.06. The van der Waals surface area contributed by atoms with Gasteiger partial charge in [0.15, 0.2) is 5.52 Å². The SMILES string of the molecule is CCCOc1nc(Oc2ccc(F)cc2)nc2oc(-c3cc(C)c(O)c(C)c3)nc12. The Kier molecular flexibility index (Phi) is 5.22. The van der Waals surface area contributed by atoms with Crippen LogP contribution in [0.25, 0.3) is 22.7 Å². The highest BCUT2D eigenvalue weighted by atomic mass is 19.1. The second-order valence-corrected chi connectivity index (χ2v) is 6.85. The van der Waals surface area contributed by atoms with Gasteiger partial charge in [-0.2, -0.15) is 9.97 Å². The number of aromatic hydroxyl groups is 1. The minimum absolute atomic E-state index is 0.000906. The standard InChI is InChI=1S/C22H20FN3O4/c1-4-9-28-20-17-21(26-22(25-20)29-16-7-5-15(23)6-8-16)30-19(24-17)14-10-12(2)18(27)13(3)11-14/h5-8,10-11,27H,4,9H2,1-3H3. The van der Waals surface area contributed by atoms with Crippen molar-refractivity contribution in [2.75, 3.05) is 6.61 Å². The van der Waals surface area contributed by atoms with Crippen molar-refractivity contribution in [1.29, 1.82) is 0 Å². The van der Waals surface area contributed by atoms with E-state index in [0.29, 0.717) is 40.5 Å². The number of fused-ring (bicyclic) bond motifs is 1. The van der Waals surface area contributed by atoms with Gasteiger partial charge in [0.05, 0.1) is 6.61 Å². The molecule has 0 saturated heterocycles. The molecule has 0 amide bonds. The van der Waals surface area contributed by atoms with Gasteiger partial charge in [0.25, 0.3) is 11.6 Å². The lowest BCUT2D eigenvalue weighted by atomic mass is 10.1. The number of phenols is 1. The van der Waals surface area contributed by atoms with Crippen molar-refractivity contribution in [3.63, 3.8) is 0 Å². The zero-order valence-electron chi connectivity index (χ0n) is 16.8. The Bertz CT molecular complexity index is 1180. The van der Waals surface area contributed by atoms with Crippen molar-refractivity contribution < 1.29 is 23.4 Å². The molecule has 0 aliphatic rings. The lowest BCUT2D eigenvalue weighted by molar-refractivity contribution is 0.302. The molecule has 0 atom stereocenters. The van der Waals surface area contributed by atoms with Crippen LogP contribution in [0.4, 0.5) is 4.39 Å². The Morgan fingerprint density at radius 3 is 2.40 bits per heavy atom. The van der Waals surface area contributed by atoms with Crippen molar-refractivity contribution in [2.45, 2.75) is 27.2 Å². The average molecular weight is 409 g/mol. The molecule has 30 heavy (non-hydrogen) atoms. The molecule has 0 bridgehead atoms. The van der Waals surface area contributed by atoms with E-state index in [-0.39, 0.29) is 29.2 Å². The predicted molar refractivity (Wildman–Crippen MR) is 108 cm³/mol. The maximum absolute atomic E-state index is 13.1. The molecule has 154 valence electrons. The van der Waals surface area contributed by atoms with Crippen molar-refractivity contribution in [3.8, 4) is 34.8 Å². The van der Waals surface area contributed by atoms with E-state index in [0.717, 1.165) is 6.42 Å². The van der Waals surface area contributed by atoms with Crippen molar-refractivity contribution in [2.24, 2.45) is 0 Å². The van der Waals surface area contributed by atoms with Crippen molar-refractivity contribution in [3.05, 3.63) is 53.3 Å². The van der Waals surface area contributed by atoms with Crippen LogP contribution in [0.1, 0.15) is 24.5 Å². The Labute approximate surface area is 172 Å². The molecule has 0 spiro atoms. The van der Waals surface area contributed by atoms with E-state index in [2.05, 4.69) is 15.0 Å². The van der Waals surface area contributed by atoms with Crippen LogP contribution in [0.5, 0.6) is 23.4 Å². The molecule has 0 aliphatic carbocycles. The molecule has 7 nitrogen and oxygen atoms in total. The maximum Gasteiger partial charge on any atom is 0.328 e. The quantitative estimate of drug-likeness (QED) is 0.460. The highest BCUT2D eigenvalue weighted by Crippen LogP contribution is 2.33. The van der Waals surface area contributed by atoms with Crippen LogP contribution < -0.4 is 9.47 Å². The van der Waals surface area contributed by atoms with Gasteiger partial charge in [-0.25, -0.2) is 9.37 Å². The first-order valence-electron chi connectivity index (χ1n) is 9.50. The third kappa shape index (κ3) is 3.89. The highest BCUT2D eigenvalue weighted by molar-refractivity contribution is 5.78.